The number of fused-ring (bicyclic) bond motifs is 2. The Morgan fingerprint density at radius 3 is 2.59 bits per heavy atom. The Kier molecular flexibility index (Phi) is 7.82. The van der Waals surface area contributed by atoms with Gasteiger partial charge in [-0.25, -0.2) is 4.98 Å². The number of Topliss-reactive ketones (excluding diaryl/α,β-unsaturated/α-hetero) is 2. The van der Waals surface area contributed by atoms with E-state index in [1.54, 1.807) is 6.20 Å². The van der Waals surface area contributed by atoms with Crippen LogP contribution in [-0.4, -0.2) is 51.1 Å². The lowest BCUT2D eigenvalue weighted by Crippen LogP contribution is -2.39. The molecule has 0 amide bonds. The highest BCUT2D eigenvalue weighted by Crippen LogP contribution is 2.28. The van der Waals surface area contributed by atoms with Crippen LogP contribution in [-0.2, 0) is 6.42 Å². The number of H-pyrrole nitrogens is 1. The maximum atomic E-state index is 13.3. The Morgan fingerprint density at radius 1 is 0.897 bits per heavy atom. The number of aromatic nitrogens is 3. The van der Waals surface area contributed by atoms with Gasteiger partial charge in [-0.1, -0.05) is 49.6 Å². The number of para-hydroxylation sites is 1. The zero-order valence-electron chi connectivity index (χ0n) is 22.7. The van der Waals surface area contributed by atoms with E-state index in [0.717, 1.165) is 35.2 Å². The number of hydrogen-bond donors (Lipinski definition) is 1. The molecule has 2 aromatic heterocycles. The third-order valence-electron chi connectivity index (χ3n) is 8.73. The summed E-state index contributed by atoms with van der Waals surface area (Å²) >= 11 is 0. The number of imidazole rings is 1. The molecule has 6 nitrogen and oxygen atoms in total. The number of carbonyl (C=O) groups is 2. The largest absolute Gasteiger partial charge is 0.342 e. The van der Waals surface area contributed by atoms with Crippen molar-refractivity contribution in [1.29, 1.82) is 0 Å². The highest BCUT2D eigenvalue weighted by molar-refractivity contribution is 6.06. The predicted octanol–water partition coefficient (Wildman–Crippen LogP) is 6.79. The molecule has 1 saturated carbocycles. The normalized spacial score (nSPS) is 19.0. The number of piperidine rings is 1. The van der Waals surface area contributed by atoms with E-state index in [0.29, 0.717) is 34.9 Å². The van der Waals surface area contributed by atoms with Gasteiger partial charge in [0.05, 0.1) is 17.5 Å². The van der Waals surface area contributed by atoms with Crippen LogP contribution >= 0.6 is 0 Å². The van der Waals surface area contributed by atoms with Gasteiger partial charge in [-0.2, -0.15) is 0 Å². The minimum Gasteiger partial charge on any atom is -0.342 e. The number of ketones is 2. The Bertz CT molecular complexity index is 1470. The number of rotatable bonds is 9. The predicted molar refractivity (Wildman–Crippen MR) is 155 cm³/mol. The molecule has 3 heterocycles. The molecule has 6 rings (SSSR count). The molecular formula is C33H38N4O2. The number of carbonyl (C=O) groups excluding carboxylic acids is 2. The number of aromatic amines is 1. The zero-order valence-corrected chi connectivity index (χ0v) is 22.7. The van der Waals surface area contributed by atoms with Gasteiger partial charge in [0, 0.05) is 36.7 Å². The van der Waals surface area contributed by atoms with Gasteiger partial charge >= 0.3 is 0 Å². The number of benzene rings is 2. The third-order valence-corrected chi connectivity index (χ3v) is 8.73. The molecule has 0 unspecified atom stereocenters. The fourth-order valence-electron chi connectivity index (χ4n) is 6.63. The van der Waals surface area contributed by atoms with Gasteiger partial charge in [0.15, 0.2) is 11.6 Å². The maximum Gasteiger partial charge on any atom is 0.188 e. The van der Waals surface area contributed by atoms with E-state index in [9.17, 15) is 9.59 Å². The Morgan fingerprint density at radius 2 is 1.72 bits per heavy atom. The van der Waals surface area contributed by atoms with Crippen LogP contribution in [0.5, 0.6) is 0 Å². The summed E-state index contributed by atoms with van der Waals surface area (Å²) in [4.78, 5) is 41.3. The first-order valence-electron chi connectivity index (χ1n) is 14.7. The highest BCUT2D eigenvalue weighted by Gasteiger charge is 2.24. The van der Waals surface area contributed by atoms with Crippen molar-refractivity contribution in [2.24, 2.45) is 11.8 Å². The standard InChI is InChI=1S/C33H38N4O2/c38-30(16-15-24-10-7-17-37(22-24)21-23-8-2-1-3-9-23)27-13-6-14-28-33(27)36-32(35-28)19-31(39)29-18-25-11-4-5-12-26(25)20-34-29/h4-6,11-14,18,20,23-24H,1-3,7-10,15-17,19,21-22H2,(H,35,36)/t24-/m1/s1. The summed E-state index contributed by atoms with van der Waals surface area (Å²) in [6.07, 6.45) is 12.8. The van der Waals surface area contributed by atoms with E-state index in [1.165, 1.54) is 58.0 Å². The summed E-state index contributed by atoms with van der Waals surface area (Å²) in [5.74, 6) is 2.07. The second-order valence-corrected chi connectivity index (χ2v) is 11.6. The van der Waals surface area contributed by atoms with Crippen LogP contribution in [0.25, 0.3) is 21.8 Å². The number of nitrogens with zero attached hydrogens (tertiary/aromatic N) is 3. The lowest BCUT2D eigenvalue weighted by molar-refractivity contribution is 0.0948. The summed E-state index contributed by atoms with van der Waals surface area (Å²) in [7, 11) is 0. The highest BCUT2D eigenvalue weighted by atomic mass is 16.1. The smallest absolute Gasteiger partial charge is 0.188 e. The summed E-state index contributed by atoms with van der Waals surface area (Å²) in [6.45, 7) is 3.59. The van der Waals surface area contributed by atoms with Crippen molar-refractivity contribution in [1.82, 2.24) is 19.9 Å². The molecule has 2 aromatic carbocycles. The van der Waals surface area contributed by atoms with Crippen molar-refractivity contribution in [3.63, 3.8) is 0 Å². The minimum absolute atomic E-state index is 0.0947. The molecule has 4 aromatic rings. The number of likely N-dealkylation sites (tertiary alicyclic amines) is 1. The summed E-state index contributed by atoms with van der Waals surface area (Å²) < 4.78 is 0. The minimum atomic E-state index is -0.0947. The second-order valence-electron chi connectivity index (χ2n) is 11.6. The summed E-state index contributed by atoms with van der Waals surface area (Å²) in [5, 5.41) is 1.99. The molecule has 39 heavy (non-hydrogen) atoms. The Labute approximate surface area is 230 Å². The average Bonchev–Trinajstić information content (AvgIpc) is 3.39. The first-order chi connectivity index (χ1) is 19.1. The molecule has 0 radical (unpaired) electrons. The van der Waals surface area contributed by atoms with E-state index >= 15 is 0 Å². The Hall–Kier alpha value is -3.38. The van der Waals surface area contributed by atoms with Crippen molar-refractivity contribution >= 4 is 33.4 Å². The average molecular weight is 523 g/mol. The molecule has 6 heteroatoms. The Balaban J connectivity index is 1.08. The molecule has 1 aliphatic carbocycles. The van der Waals surface area contributed by atoms with Gasteiger partial charge in [-0.05, 0) is 74.1 Å². The van der Waals surface area contributed by atoms with Gasteiger partial charge in [0.2, 0.25) is 0 Å². The molecule has 2 aliphatic rings. The fraction of sp³-hybridized carbons (Fsp3) is 0.455. The van der Waals surface area contributed by atoms with E-state index in [4.69, 9.17) is 4.98 Å². The van der Waals surface area contributed by atoms with E-state index in [1.807, 2.05) is 48.5 Å². The number of hydrogen-bond acceptors (Lipinski definition) is 5. The second kappa shape index (κ2) is 11.8. The van der Waals surface area contributed by atoms with Crippen LogP contribution in [0.1, 0.15) is 84.5 Å². The van der Waals surface area contributed by atoms with Gasteiger partial charge < -0.3 is 9.88 Å². The lowest BCUT2D eigenvalue weighted by Gasteiger charge is -2.36. The van der Waals surface area contributed by atoms with E-state index in [2.05, 4.69) is 14.9 Å². The van der Waals surface area contributed by atoms with Crippen LogP contribution < -0.4 is 0 Å². The summed E-state index contributed by atoms with van der Waals surface area (Å²) in [6, 6.07) is 15.4. The molecule has 0 spiro atoms. The molecule has 1 saturated heterocycles. The molecular weight excluding hydrogens is 484 g/mol. The first-order valence-corrected chi connectivity index (χ1v) is 14.7. The monoisotopic (exact) mass is 522 g/mol. The SMILES string of the molecule is O=C(Cc1nc2c(C(=O)CC[C@H]3CCCN(CC4CCCCC4)C3)cccc2[nH]1)c1cc2ccccc2cn1. The van der Waals surface area contributed by atoms with Crippen molar-refractivity contribution in [3.05, 3.63) is 71.8 Å². The number of pyridine rings is 1. The van der Waals surface area contributed by atoms with Crippen molar-refractivity contribution < 1.29 is 9.59 Å². The van der Waals surface area contributed by atoms with E-state index < -0.39 is 0 Å². The fourth-order valence-corrected chi connectivity index (χ4v) is 6.63. The summed E-state index contributed by atoms with van der Waals surface area (Å²) in [5.41, 5.74) is 2.54. The van der Waals surface area contributed by atoms with Gasteiger partial charge in [0.1, 0.15) is 11.5 Å². The van der Waals surface area contributed by atoms with Gasteiger partial charge in [-0.15, -0.1) is 0 Å². The van der Waals surface area contributed by atoms with Crippen molar-refractivity contribution in [2.45, 2.75) is 64.2 Å². The first kappa shape index (κ1) is 25.9. The van der Waals surface area contributed by atoms with Gasteiger partial charge in [0.25, 0.3) is 0 Å². The third kappa shape index (κ3) is 6.11. The molecule has 2 fully saturated rings. The molecule has 202 valence electrons. The molecule has 0 bridgehead atoms. The topological polar surface area (TPSA) is 79.0 Å². The zero-order chi connectivity index (χ0) is 26.6. The molecule has 1 aliphatic heterocycles. The quantitative estimate of drug-likeness (QED) is 0.245. The van der Waals surface area contributed by atoms with Crippen LogP contribution in [0.4, 0.5) is 0 Å². The van der Waals surface area contributed by atoms with Crippen molar-refractivity contribution in [2.75, 3.05) is 19.6 Å². The van der Waals surface area contributed by atoms with Crippen LogP contribution in [0.3, 0.4) is 0 Å². The van der Waals surface area contributed by atoms with Gasteiger partial charge in [-0.3, -0.25) is 14.6 Å². The van der Waals surface area contributed by atoms with Crippen LogP contribution in [0.2, 0.25) is 0 Å². The molecule has 1 N–H and O–H groups in total. The molecule has 1 atom stereocenters. The number of nitrogens with one attached hydrogen (secondary N) is 1. The lowest BCUT2D eigenvalue weighted by atomic mass is 9.87. The van der Waals surface area contributed by atoms with Crippen LogP contribution in [0, 0.1) is 11.8 Å². The van der Waals surface area contributed by atoms with Crippen LogP contribution in [0.15, 0.2) is 54.7 Å². The van der Waals surface area contributed by atoms with E-state index in [-0.39, 0.29) is 18.0 Å². The maximum absolute atomic E-state index is 13.3. The van der Waals surface area contributed by atoms with Crippen molar-refractivity contribution in [3.8, 4) is 0 Å².